The quantitative estimate of drug-likeness (QED) is 0.611. The average molecular weight is 428 g/mol. The van der Waals surface area contributed by atoms with Gasteiger partial charge in [0.25, 0.3) is 0 Å². The van der Waals surface area contributed by atoms with E-state index >= 15 is 0 Å². The maximum absolute atomic E-state index is 12.6. The van der Waals surface area contributed by atoms with Gasteiger partial charge >= 0.3 is 0 Å². The number of likely N-dealkylation sites (tertiary alicyclic amines) is 1. The van der Waals surface area contributed by atoms with Gasteiger partial charge in [0, 0.05) is 50.5 Å². The Bertz CT molecular complexity index is 797. The molecule has 0 unspecified atom stereocenters. The normalized spacial score (nSPS) is 18.3. The van der Waals surface area contributed by atoms with Crippen LogP contribution in [-0.4, -0.2) is 46.9 Å². The van der Waals surface area contributed by atoms with Crippen molar-refractivity contribution in [1.29, 1.82) is 0 Å². The molecule has 1 saturated carbocycles. The number of hydrogen-bond donors (Lipinski definition) is 0. The van der Waals surface area contributed by atoms with E-state index in [0.29, 0.717) is 11.8 Å². The molecule has 0 atom stereocenters. The van der Waals surface area contributed by atoms with Crippen LogP contribution in [0.25, 0.3) is 0 Å². The summed E-state index contributed by atoms with van der Waals surface area (Å²) in [6.45, 7) is 3.37. The zero-order chi connectivity index (χ0) is 20.8. The van der Waals surface area contributed by atoms with E-state index in [9.17, 15) is 4.79 Å². The maximum Gasteiger partial charge on any atom is 0.222 e. The van der Waals surface area contributed by atoms with E-state index in [4.69, 9.17) is 4.74 Å². The Morgan fingerprint density at radius 1 is 1.20 bits per heavy atom. The van der Waals surface area contributed by atoms with Gasteiger partial charge in [-0.1, -0.05) is 25.0 Å². The number of thiazole rings is 1. The summed E-state index contributed by atoms with van der Waals surface area (Å²) in [7, 11) is 2.12. The van der Waals surface area contributed by atoms with E-state index in [-0.39, 0.29) is 6.10 Å². The van der Waals surface area contributed by atoms with Gasteiger partial charge < -0.3 is 9.64 Å². The largest absolute Gasteiger partial charge is 0.490 e. The fourth-order valence-electron chi connectivity index (χ4n) is 4.65. The summed E-state index contributed by atoms with van der Waals surface area (Å²) in [6, 6.07) is 8.41. The molecule has 1 aromatic carbocycles. The number of ether oxygens (including phenoxy) is 1. The summed E-state index contributed by atoms with van der Waals surface area (Å²) in [5, 5.41) is 3.16. The Balaban J connectivity index is 1.23. The van der Waals surface area contributed by atoms with Crippen LogP contribution < -0.4 is 4.74 Å². The molecule has 0 N–H and O–H groups in total. The Hall–Kier alpha value is -1.92. The van der Waals surface area contributed by atoms with Crippen molar-refractivity contribution in [2.24, 2.45) is 5.92 Å². The molecule has 1 saturated heterocycles. The Kier molecular flexibility index (Phi) is 7.39. The lowest BCUT2D eigenvalue weighted by Gasteiger charge is -2.33. The van der Waals surface area contributed by atoms with Crippen LogP contribution in [0.5, 0.6) is 5.75 Å². The van der Waals surface area contributed by atoms with Gasteiger partial charge in [0.1, 0.15) is 16.9 Å². The molecule has 0 spiro atoms. The number of rotatable bonds is 8. The SMILES string of the molecule is CN(Cc1cccc(OC2CCN(C(=O)CC3CCCC3)CC2)c1)Cc1nccs1. The molecule has 2 fully saturated rings. The third-order valence-corrected chi connectivity index (χ3v) is 7.04. The van der Waals surface area contributed by atoms with E-state index in [2.05, 4.69) is 40.0 Å². The van der Waals surface area contributed by atoms with Crippen LogP contribution in [-0.2, 0) is 17.9 Å². The van der Waals surface area contributed by atoms with Crippen LogP contribution in [0.15, 0.2) is 35.8 Å². The molecule has 2 aromatic rings. The highest BCUT2D eigenvalue weighted by molar-refractivity contribution is 7.09. The third-order valence-electron chi connectivity index (χ3n) is 6.28. The molecule has 1 aliphatic carbocycles. The molecule has 5 nitrogen and oxygen atoms in total. The number of aromatic nitrogens is 1. The van der Waals surface area contributed by atoms with Gasteiger partial charge in [-0.05, 0) is 43.5 Å². The van der Waals surface area contributed by atoms with Gasteiger partial charge in [-0.15, -0.1) is 11.3 Å². The van der Waals surface area contributed by atoms with Crippen molar-refractivity contribution >= 4 is 17.2 Å². The van der Waals surface area contributed by atoms with Crippen LogP contribution in [0, 0.1) is 5.92 Å². The lowest BCUT2D eigenvalue weighted by molar-refractivity contribution is -0.133. The lowest BCUT2D eigenvalue weighted by Crippen LogP contribution is -2.42. The average Bonchev–Trinajstić information content (AvgIpc) is 3.43. The third kappa shape index (κ3) is 6.05. The standard InChI is InChI=1S/C24H33N3O2S/c1-26(18-23-25-11-14-30-23)17-20-7-4-8-22(15-20)29-21-9-12-27(13-10-21)24(28)16-19-5-2-3-6-19/h4,7-8,11,14-15,19,21H,2-3,5-6,9-10,12-13,16-18H2,1H3. The summed E-state index contributed by atoms with van der Waals surface area (Å²) in [5.74, 6) is 1.92. The minimum absolute atomic E-state index is 0.198. The molecule has 0 radical (unpaired) electrons. The first-order valence-electron chi connectivity index (χ1n) is 11.3. The van der Waals surface area contributed by atoms with Crippen molar-refractivity contribution in [3.05, 3.63) is 46.4 Å². The first kappa shape index (κ1) is 21.3. The lowest BCUT2D eigenvalue weighted by atomic mass is 10.0. The van der Waals surface area contributed by atoms with Gasteiger partial charge in [0.05, 0.1) is 6.54 Å². The maximum atomic E-state index is 12.6. The van der Waals surface area contributed by atoms with E-state index in [1.165, 1.54) is 31.2 Å². The second-order valence-corrected chi connectivity index (χ2v) is 9.78. The number of amides is 1. The molecule has 1 aromatic heterocycles. The Morgan fingerprint density at radius 2 is 2.00 bits per heavy atom. The monoisotopic (exact) mass is 427 g/mol. The van der Waals surface area contributed by atoms with Crippen molar-refractivity contribution in [3.63, 3.8) is 0 Å². The minimum Gasteiger partial charge on any atom is -0.490 e. The molecule has 162 valence electrons. The highest BCUT2D eigenvalue weighted by atomic mass is 32.1. The van der Waals surface area contributed by atoms with Crippen molar-refractivity contribution in [3.8, 4) is 5.75 Å². The molecule has 30 heavy (non-hydrogen) atoms. The van der Waals surface area contributed by atoms with E-state index in [1.807, 2.05) is 17.6 Å². The zero-order valence-electron chi connectivity index (χ0n) is 18.0. The van der Waals surface area contributed by atoms with Gasteiger partial charge in [0.2, 0.25) is 5.91 Å². The molecular weight excluding hydrogens is 394 g/mol. The molecular formula is C24H33N3O2S. The zero-order valence-corrected chi connectivity index (χ0v) is 18.8. The number of nitrogens with zero attached hydrogens (tertiary/aromatic N) is 3. The molecule has 4 rings (SSSR count). The van der Waals surface area contributed by atoms with E-state index in [0.717, 1.165) is 56.2 Å². The summed E-state index contributed by atoms with van der Waals surface area (Å²) >= 11 is 1.69. The number of carbonyl (C=O) groups is 1. The van der Waals surface area contributed by atoms with E-state index in [1.54, 1.807) is 11.3 Å². The van der Waals surface area contributed by atoms with Gasteiger partial charge in [-0.25, -0.2) is 4.98 Å². The van der Waals surface area contributed by atoms with Gasteiger partial charge in [-0.3, -0.25) is 9.69 Å². The number of carbonyl (C=O) groups excluding carboxylic acids is 1. The minimum atomic E-state index is 0.198. The fourth-order valence-corrected chi connectivity index (χ4v) is 5.35. The van der Waals surface area contributed by atoms with Crippen molar-refractivity contribution in [2.75, 3.05) is 20.1 Å². The van der Waals surface area contributed by atoms with Gasteiger partial charge in [-0.2, -0.15) is 0 Å². The molecule has 0 bridgehead atoms. The summed E-state index contributed by atoms with van der Waals surface area (Å²) in [4.78, 5) is 21.2. The predicted octanol–water partition coefficient (Wildman–Crippen LogP) is 4.73. The van der Waals surface area contributed by atoms with Gasteiger partial charge in [0.15, 0.2) is 0 Å². The molecule has 1 aliphatic heterocycles. The second-order valence-electron chi connectivity index (χ2n) is 8.80. The fraction of sp³-hybridized carbons (Fsp3) is 0.583. The number of piperidine rings is 1. The van der Waals surface area contributed by atoms with Crippen molar-refractivity contribution in [1.82, 2.24) is 14.8 Å². The molecule has 2 heterocycles. The predicted molar refractivity (Wildman–Crippen MR) is 121 cm³/mol. The summed E-state index contributed by atoms with van der Waals surface area (Å²) in [6.07, 6.45) is 9.72. The Labute approximate surface area is 184 Å². The van der Waals surface area contributed by atoms with E-state index < -0.39 is 0 Å². The smallest absolute Gasteiger partial charge is 0.222 e. The van der Waals surface area contributed by atoms with Crippen molar-refractivity contribution in [2.45, 2.75) is 64.1 Å². The van der Waals surface area contributed by atoms with Crippen LogP contribution in [0.2, 0.25) is 0 Å². The Morgan fingerprint density at radius 3 is 2.73 bits per heavy atom. The molecule has 2 aliphatic rings. The summed E-state index contributed by atoms with van der Waals surface area (Å²) in [5.41, 5.74) is 1.25. The molecule has 6 heteroatoms. The first-order valence-corrected chi connectivity index (χ1v) is 12.1. The molecule has 1 amide bonds. The highest BCUT2D eigenvalue weighted by Gasteiger charge is 2.26. The van der Waals surface area contributed by atoms with Crippen LogP contribution >= 0.6 is 11.3 Å². The van der Waals surface area contributed by atoms with Crippen molar-refractivity contribution < 1.29 is 9.53 Å². The van der Waals surface area contributed by atoms with Crippen LogP contribution in [0.3, 0.4) is 0 Å². The van der Waals surface area contributed by atoms with Crippen LogP contribution in [0.4, 0.5) is 0 Å². The first-order chi connectivity index (χ1) is 14.7. The van der Waals surface area contributed by atoms with Crippen LogP contribution in [0.1, 0.15) is 55.5 Å². The highest BCUT2D eigenvalue weighted by Crippen LogP contribution is 2.29. The summed E-state index contributed by atoms with van der Waals surface area (Å²) < 4.78 is 6.28. The number of benzene rings is 1. The second kappa shape index (κ2) is 10.4. The number of hydrogen-bond acceptors (Lipinski definition) is 5. The topological polar surface area (TPSA) is 45.7 Å².